The van der Waals surface area contributed by atoms with E-state index in [0.29, 0.717) is 12.3 Å². The lowest BCUT2D eigenvalue weighted by Crippen LogP contribution is -2.42. The van der Waals surface area contributed by atoms with E-state index in [4.69, 9.17) is 5.11 Å². The van der Waals surface area contributed by atoms with Gasteiger partial charge in [-0.3, -0.25) is 4.79 Å². The Morgan fingerprint density at radius 1 is 1.20 bits per heavy atom. The van der Waals surface area contributed by atoms with Gasteiger partial charge in [0.15, 0.2) is 0 Å². The molecule has 0 aliphatic rings. The second-order valence-corrected chi connectivity index (χ2v) is 5.26. The summed E-state index contributed by atoms with van der Waals surface area (Å²) in [6.07, 6.45) is 1.26. The fourth-order valence-corrected chi connectivity index (χ4v) is 1.75. The molecule has 0 aliphatic heterocycles. The summed E-state index contributed by atoms with van der Waals surface area (Å²) in [5, 5.41) is 20.9. The number of carbonyl (C=O) groups excluding carboxylic acids is 1. The molecular weight excluding hydrogens is 258 g/mol. The largest absolute Gasteiger partial charge is 0.508 e. The number of amides is 1. The van der Waals surface area contributed by atoms with Crippen molar-refractivity contribution in [2.75, 3.05) is 0 Å². The van der Waals surface area contributed by atoms with Crippen LogP contribution in [0, 0.1) is 5.92 Å². The Bertz CT molecular complexity index is 453. The molecule has 5 nitrogen and oxygen atoms in total. The van der Waals surface area contributed by atoms with E-state index in [2.05, 4.69) is 5.32 Å². The average Bonchev–Trinajstić information content (AvgIpc) is 2.38. The molecule has 110 valence electrons. The third-order valence-electron chi connectivity index (χ3n) is 2.96. The number of hydrogen-bond donors (Lipinski definition) is 3. The second-order valence-electron chi connectivity index (χ2n) is 5.26. The standard InChI is InChI=1S/C15H21NO4/c1-10(2)3-8-14(18)16-13(15(19)20)9-11-4-6-12(17)7-5-11/h4-7,10,13,17H,3,8-9H2,1-2H3,(H,16,18)(H,19,20)/t13-/m0/s1. The van der Waals surface area contributed by atoms with Gasteiger partial charge in [-0.1, -0.05) is 26.0 Å². The summed E-state index contributed by atoms with van der Waals surface area (Å²) in [6.45, 7) is 4.02. The number of carbonyl (C=O) groups is 2. The van der Waals surface area contributed by atoms with E-state index in [0.717, 1.165) is 12.0 Å². The van der Waals surface area contributed by atoms with E-state index >= 15 is 0 Å². The summed E-state index contributed by atoms with van der Waals surface area (Å²) in [4.78, 5) is 22.9. The molecule has 0 heterocycles. The van der Waals surface area contributed by atoms with Gasteiger partial charge in [-0.15, -0.1) is 0 Å². The Morgan fingerprint density at radius 2 is 1.80 bits per heavy atom. The van der Waals surface area contributed by atoms with Gasteiger partial charge in [-0.2, -0.15) is 0 Å². The molecule has 0 saturated heterocycles. The lowest BCUT2D eigenvalue weighted by atomic mass is 10.0. The van der Waals surface area contributed by atoms with Crippen LogP contribution in [-0.4, -0.2) is 28.1 Å². The molecule has 0 radical (unpaired) electrons. The second kappa shape index (κ2) is 7.53. The molecule has 1 atom stereocenters. The number of hydrogen-bond acceptors (Lipinski definition) is 3. The van der Waals surface area contributed by atoms with Gasteiger partial charge in [0, 0.05) is 12.8 Å². The van der Waals surface area contributed by atoms with E-state index in [1.165, 1.54) is 12.1 Å². The topological polar surface area (TPSA) is 86.6 Å². The van der Waals surface area contributed by atoms with Crippen molar-refractivity contribution in [2.45, 2.75) is 39.2 Å². The first kappa shape index (κ1) is 16.0. The van der Waals surface area contributed by atoms with Crippen molar-refractivity contribution in [3.8, 4) is 5.75 Å². The molecule has 0 spiro atoms. The Labute approximate surface area is 118 Å². The van der Waals surface area contributed by atoms with Crippen molar-refractivity contribution >= 4 is 11.9 Å². The van der Waals surface area contributed by atoms with Crippen molar-refractivity contribution in [1.29, 1.82) is 0 Å². The number of carboxylic acids is 1. The van der Waals surface area contributed by atoms with Crippen molar-refractivity contribution in [3.63, 3.8) is 0 Å². The Hall–Kier alpha value is -2.04. The van der Waals surface area contributed by atoms with Crippen molar-refractivity contribution in [1.82, 2.24) is 5.32 Å². The van der Waals surface area contributed by atoms with Crippen LogP contribution in [0.5, 0.6) is 5.75 Å². The predicted molar refractivity (Wildman–Crippen MR) is 75.4 cm³/mol. The minimum Gasteiger partial charge on any atom is -0.508 e. The molecule has 0 fully saturated rings. The van der Waals surface area contributed by atoms with Gasteiger partial charge in [-0.05, 0) is 30.0 Å². The summed E-state index contributed by atoms with van der Waals surface area (Å²) >= 11 is 0. The van der Waals surface area contributed by atoms with Crippen molar-refractivity contribution in [2.24, 2.45) is 5.92 Å². The van der Waals surface area contributed by atoms with Gasteiger partial charge in [0.2, 0.25) is 5.91 Å². The number of phenols is 1. The number of nitrogens with one attached hydrogen (secondary N) is 1. The highest BCUT2D eigenvalue weighted by molar-refractivity contribution is 5.83. The zero-order valence-electron chi connectivity index (χ0n) is 11.8. The van der Waals surface area contributed by atoms with Gasteiger partial charge in [0.05, 0.1) is 0 Å². The van der Waals surface area contributed by atoms with E-state index in [1.807, 2.05) is 13.8 Å². The molecule has 0 aliphatic carbocycles. The fourth-order valence-electron chi connectivity index (χ4n) is 1.75. The molecule has 0 bridgehead atoms. The minimum atomic E-state index is -1.06. The van der Waals surface area contributed by atoms with Crippen LogP contribution >= 0.6 is 0 Å². The van der Waals surface area contributed by atoms with Crippen LogP contribution in [-0.2, 0) is 16.0 Å². The van der Waals surface area contributed by atoms with Crippen LogP contribution in [0.1, 0.15) is 32.3 Å². The molecule has 1 rings (SSSR count). The normalized spacial score (nSPS) is 12.2. The van der Waals surface area contributed by atoms with Crippen molar-refractivity contribution < 1.29 is 19.8 Å². The van der Waals surface area contributed by atoms with Crippen LogP contribution < -0.4 is 5.32 Å². The number of carboxylic acid groups (broad SMARTS) is 1. The highest BCUT2D eigenvalue weighted by Gasteiger charge is 2.20. The maximum absolute atomic E-state index is 11.7. The smallest absolute Gasteiger partial charge is 0.326 e. The average molecular weight is 279 g/mol. The molecule has 0 aromatic heterocycles. The first-order valence-corrected chi connectivity index (χ1v) is 6.68. The Kier molecular flexibility index (Phi) is 6.03. The molecular formula is C15H21NO4. The predicted octanol–water partition coefficient (Wildman–Crippen LogP) is 1.94. The first-order valence-electron chi connectivity index (χ1n) is 6.68. The number of rotatable bonds is 7. The van der Waals surface area contributed by atoms with Gasteiger partial charge >= 0.3 is 5.97 Å². The molecule has 3 N–H and O–H groups in total. The number of aromatic hydroxyl groups is 1. The third-order valence-corrected chi connectivity index (χ3v) is 2.96. The summed E-state index contributed by atoms with van der Waals surface area (Å²) in [7, 11) is 0. The number of phenolic OH excluding ortho intramolecular Hbond substituents is 1. The highest BCUT2D eigenvalue weighted by Crippen LogP contribution is 2.12. The molecule has 1 aromatic carbocycles. The van der Waals surface area contributed by atoms with Gasteiger partial charge in [0.1, 0.15) is 11.8 Å². The van der Waals surface area contributed by atoms with Crippen LogP contribution in [0.3, 0.4) is 0 Å². The molecule has 1 amide bonds. The van der Waals surface area contributed by atoms with E-state index in [1.54, 1.807) is 12.1 Å². The van der Waals surface area contributed by atoms with Crippen LogP contribution in [0.15, 0.2) is 24.3 Å². The lowest BCUT2D eigenvalue weighted by Gasteiger charge is -2.15. The van der Waals surface area contributed by atoms with Crippen LogP contribution in [0.2, 0.25) is 0 Å². The van der Waals surface area contributed by atoms with Gasteiger partial charge < -0.3 is 15.5 Å². The zero-order chi connectivity index (χ0) is 15.1. The molecule has 0 saturated carbocycles. The number of benzene rings is 1. The van der Waals surface area contributed by atoms with Crippen LogP contribution in [0.25, 0.3) is 0 Å². The lowest BCUT2D eigenvalue weighted by molar-refractivity contribution is -0.141. The van der Waals surface area contributed by atoms with Gasteiger partial charge in [-0.25, -0.2) is 4.79 Å². The third kappa shape index (κ3) is 5.73. The fraction of sp³-hybridized carbons (Fsp3) is 0.467. The molecule has 0 unspecified atom stereocenters. The maximum atomic E-state index is 11.7. The maximum Gasteiger partial charge on any atom is 0.326 e. The van der Waals surface area contributed by atoms with Crippen LogP contribution in [0.4, 0.5) is 0 Å². The quantitative estimate of drug-likeness (QED) is 0.712. The highest BCUT2D eigenvalue weighted by atomic mass is 16.4. The SMILES string of the molecule is CC(C)CCC(=O)N[C@@H](Cc1ccc(O)cc1)C(=O)O. The summed E-state index contributed by atoms with van der Waals surface area (Å²) < 4.78 is 0. The Morgan fingerprint density at radius 3 is 2.30 bits per heavy atom. The minimum absolute atomic E-state index is 0.126. The van der Waals surface area contributed by atoms with E-state index in [-0.39, 0.29) is 18.1 Å². The number of aliphatic carboxylic acids is 1. The van der Waals surface area contributed by atoms with Crippen molar-refractivity contribution in [3.05, 3.63) is 29.8 Å². The Balaban J connectivity index is 2.58. The van der Waals surface area contributed by atoms with Gasteiger partial charge in [0.25, 0.3) is 0 Å². The zero-order valence-corrected chi connectivity index (χ0v) is 11.8. The monoisotopic (exact) mass is 279 g/mol. The van der Waals surface area contributed by atoms with E-state index < -0.39 is 12.0 Å². The van der Waals surface area contributed by atoms with E-state index in [9.17, 15) is 14.7 Å². The summed E-state index contributed by atoms with van der Waals surface area (Å²) in [5.74, 6) is -0.774. The molecule has 20 heavy (non-hydrogen) atoms. The summed E-state index contributed by atoms with van der Waals surface area (Å²) in [6, 6.07) is 5.33. The molecule has 1 aromatic rings. The first-order chi connectivity index (χ1) is 9.38. The molecule has 5 heteroatoms. The summed E-state index contributed by atoms with van der Waals surface area (Å²) in [5.41, 5.74) is 0.749.